The monoisotopic (exact) mass is 338 g/mol. The standard InChI is InChI=1S/C14H26N2O3S.ClH/c1-12(2)9-20(18,19)10-13(17)16-7-4-14(5-8-16)3-6-15-11-14;/h12,15H,3-11H2,1-2H3;1H. The van der Waals surface area contributed by atoms with Crippen LogP contribution in [0.2, 0.25) is 0 Å². The summed E-state index contributed by atoms with van der Waals surface area (Å²) in [5.41, 5.74) is 0.355. The van der Waals surface area contributed by atoms with E-state index in [9.17, 15) is 13.2 Å². The molecular formula is C14H27ClN2O3S. The van der Waals surface area contributed by atoms with E-state index >= 15 is 0 Å². The molecule has 0 atom stereocenters. The number of nitrogens with one attached hydrogen (secondary N) is 1. The van der Waals surface area contributed by atoms with Gasteiger partial charge in [0.25, 0.3) is 0 Å². The summed E-state index contributed by atoms with van der Waals surface area (Å²) >= 11 is 0. The molecular weight excluding hydrogens is 312 g/mol. The maximum absolute atomic E-state index is 12.1. The minimum atomic E-state index is -3.26. The van der Waals surface area contributed by atoms with Crippen LogP contribution in [0.1, 0.15) is 33.1 Å². The first-order chi connectivity index (χ1) is 9.32. The molecule has 1 spiro atoms. The third-order valence-corrected chi connectivity index (χ3v) is 6.30. The Morgan fingerprint density at radius 1 is 1.24 bits per heavy atom. The van der Waals surface area contributed by atoms with Crippen LogP contribution in [0, 0.1) is 11.3 Å². The molecule has 124 valence electrons. The molecule has 2 rings (SSSR count). The van der Waals surface area contributed by atoms with E-state index in [1.807, 2.05) is 13.8 Å². The molecule has 2 aliphatic rings. The Hall–Kier alpha value is -0.330. The molecule has 0 radical (unpaired) electrons. The molecule has 21 heavy (non-hydrogen) atoms. The van der Waals surface area contributed by atoms with Crippen LogP contribution >= 0.6 is 12.4 Å². The van der Waals surface area contributed by atoms with E-state index in [-0.39, 0.29) is 35.7 Å². The lowest BCUT2D eigenvalue weighted by Gasteiger charge is -2.38. The van der Waals surface area contributed by atoms with E-state index in [2.05, 4.69) is 5.32 Å². The van der Waals surface area contributed by atoms with Crippen LogP contribution in [0.15, 0.2) is 0 Å². The molecule has 7 heteroatoms. The summed E-state index contributed by atoms with van der Waals surface area (Å²) in [6.45, 7) is 7.24. The highest BCUT2D eigenvalue weighted by molar-refractivity contribution is 7.92. The van der Waals surface area contributed by atoms with Gasteiger partial charge in [0, 0.05) is 19.6 Å². The predicted octanol–water partition coefficient (Wildman–Crippen LogP) is 1.08. The van der Waals surface area contributed by atoms with Gasteiger partial charge in [0.2, 0.25) is 5.91 Å². The fraction of sp³-hybridized carbons (Fsp3) is 0.929. The highest BCUT2D eigenvalue weighted by Crippen LogP contribution is 2.36. The number of nitrogens with zero attached hydrogens (tertiary/aromatic N) is 1. The average molecular weight is 339 g/mol. The Kier molecular flexibility index (Phi) is 6.50. The molecule has 2 fully saturated rings. The lowest BCUT2D eigenvalue weighted by Crippen LogP contribution is -2.46. The zero-order valence-corrected chi connectivity index (χ0v) is 14.6. The van der Waals surface area contributed by atoms with Gasteiger partial charge in [-0.15, -0.1) is 12.4 Å². The van der Waals surface area contributed by atoms with Crippen molar-refractivity contribution in [3.63, 3.8) is 0 Å². The van der Waals surface area contributed by atoms with Gasteiger partial charge < -0.3 is 10.2 Å². The van der Waals surface area contributed by atoms with Gasteiger partial charge in [-0.1, -0.05) is 13.8 Å². The van der Waals surface area contributed by atoms with Crippen LogP contribution in [-0.2, 0) is 14.6 Å². The van der Waals surface area contributed by atoms with Crippen molar-refractivity contribution < 1.29 is 13.2 Å². The first-order valence-electron chi connectivity index (χ1n) is 7.51. The van der Waals surface area contributed by atoms with E-state index in [1.54, 1.807) is 4.90 Å². The zero-order chi connectivity index (χ0) is 14.8. The predicted molar refractivity (Wildman–Crippen MR) is 86.5 cm³/mol. The number of amides is 1. The minimum Gasteiger partial charge on any atom is -0.342 e. The SMILES string of the molecule is CC(C)CS(=O)(=O)CC(=O)N1CCC2(CCNC2)CC1.Cl. The fourth-order valence-electron chi connectivity index (χ4n) is 3.30. The average Bonchev–Trinajstić information content (AvgIpc) is 2.76. The van der Waals surface area contributed by atoms with Crippen molar-refractivity contribution in [2.24, 2.45) is 11.3 Å². The number of piperidine rings is 1. The summed E-state index contributed by atoms with van der Waals surface area (Å²) in [4.78, 5) is 13.9. The molecule has 1 amide bonds. The number of hydrogen-bond donors (Lipinski definition) is 1. The number of sulfone groups is 1. The van der Waals surface area contributed by atoms with Gasteiger partial charge in [-0.05, 0) is 37.1 Å². The van der Waals surface area contributed by atoms with Crippen LogP contribution in [-0.4, -0.2) is 56.9 Å². The van der Waals surface area contributed by atoms with Crippen molar-refractivity contribution in [3.8, 4) is 0 Å². The fourth-order valence-corrected chi connectivity index (χ4v) is 4.99. The lowest BCUT2D eigenvalue weighted by atomic mass is 9.78. The first kappa shape index (κ1) is 18.7. The van der Waals surface area contributed by atoms with Gasteiger partial charge in [-0.25, -0.2) is 8.42 Å². The van der Waals surface area contributed by atoms with Crippen molar-refractivity contribution in [1.82, 2.24) is 10.2 Å². The summed E-state index contributed by atoms with van der Waals surface area (Å²) in [7, 11) is -3.26. The van der Waals surface area contributed by atoms with Crippen molar-refractivity contribution in [3.05, 3.63) is 0 Å². The number of carbonyl (C=O) groups is 1. The molecule has 2 heterocycles. The summed E-state index contributed by atoms with van der Waals surface area (Å²) in [6.07, 6.45) is 3.17. The maximum Gasteiger partial charge on any atom is 0.237 e. The van der Waals surface area contributed by atoms with Crippen molar-refractivity contribution in [1.29, 1.82) is 0 Å². The highest BCUT2D eigenvalue weighted by atomic mass is 35.5. The van der Waals surface area contributed by atoms with E-state index < -0.39 is 9.84 Å². The number of carbonyl (C=O) groups excluding carboxylic acids is 1. The third kappa shape index (κ3) is 5.11. The molecule has 0 aromatic rings. The Morgan fingerprint density at radius 3 is 2.33 bits per heavy atom. The number of likely N-dealkylation sites (tertiary alicyclic amines) is 1. The van der Waals surface area contributed by atoms with Crippen molar-refractivity contribution >= 4 is 28.2 Å². The summed E-state index contributed by atoms with van der Waals surface area (Å²) < 4.78 is 23.8. The van der Waals surface area contributed by atoms with Gasteiger partial charge in [0.05, 0.1) is 5.75 Å². The van der Waals surface area contributed by atoms with Crippen molar-refractivity contribution in [2.75, 3.05) is 37.7 Å². The Labute approximate surface area is 134 Å². The summed E-state index contributed by atoms with van der Waals surface area (Å²) in [5, 5.41) is 3.39. The number of hydrogen-bond acceptors (Lipinski definition) is 4. The maximum atomic E-state index is 12.1. The van der Waals surface area contributed by atoms with Gasteiger partial charge in [0.15, 0.2) is 9.84 Å². The van der Waals surface area contributed by atoms with Gasteiger partial charge in [-0.3, -0.25) is 4.79 Å². The second kappa shape index (κ2) is 7.29. The van der Waals surface area contributed by atoms with Crippen LogP contribution in [0.5, 0.6) is 0 Å². The Morgan fingerprint density at radius 2 is 1.86 bits per heavy atom. The number of halogens is 1. The highest BCUT2D eigenvalue weighted by Gasteiger charge is 2.38. The van der Waals surface area contributed by atoms with Crippen LogP contribution < -0.4 is 5.32 Å². The van der Waals surface area contributed by atoms with Gasteiger partial charge in [0.1, 0.15) is 5.75 Å². The second-order valence-corrected chi connectivity index (χ2v) is 8.87. The zero-order valence-electron chi connectivity index (χ0n) is 12.9. The lowest BCUT2D eigenvalue weighted by molar-refractivity contribution is -0.130. The Balaban J connectivity index is 0.00000220. The largest absolute Gasteiger partial charge is 0.342 e. The molecule has 2 saturated heterocycles. The van der Waals surface area contributed by atoms with Crippen LogP contribution in [0.3, 0.4) is 0 Å². The molecule has 0 bridgehead atoms. The summed E-state index contributed by atoms with van der Waals surface area (Å²) in [5.74, 6) is -0.370. The minimum absolute atomic E-state index is 0. The molecule has 5 nitrogen and oxygen atoms in total. The quantitative estimate of drug-likeness (QED) is 0.833. The molecule has 1 N–H and O–H groups in total. The second-order valence-electron chi connectivity index (χ2n) is 6.76. The smallest absolute Gasteiger partial charge is 0.237 e. The van der Waals surface area contributed by atoms with Crippen LogP contribution in [0.4, 0.5) is 0 Å². The molecule has 2 aliphatic heterocycles. The number of rotatable bonds is 4. The van der Waals surface area contributed by atoms with Crippen LogP contribution in [0.25, 0.3) is 0 Å². The van der Waals surface area contributed by atoms with Gasteiger partial charge >= 0.3 is 0 Å². The van der Waals surface area contributed by atoms with E-state index in [0.717, 1.165) is 25.9 Å². The van der Waals surface area contributed by atoms with E-state index in [1.165, 1.54) is 6.42 Å². The molecule has 0 aromatic heterocycles. The topological polar surface area (TPSA) is 66.5 Å². The summed E-state index contributed by atoms with van der Waals surface area (Å²) in [6, 6.07) is 0. The van der Waals surface area contributed by atoms with E-state index in [0.29, 0.717) is 18.5 Å². The normalized spacial score (nSPS) is 21.6. The first-order valence-corrected chi connectivity index (χ1v) is 9.33. The van der Waals surface area contributed by atoms with E-state index in [4.69, 9.17) is 0 Å². The molecule has 0 saturated carbocycles. The van der Waals surface area contributed by atoms with Crippen molar-refractivity contribution in [2.45, 2.75) is 33.1 Å². The Bertz CT molecular complexity index is 449. The van der Waals surface area contributed by atoms with Gasteiger partial charge in [-0.2, -0.15) is 0 Å². The molecule has 0 unspecified atom stereocenters. The molecule has 0 aliphatic carbocycles. The molecule has 0 aromatic carbocycles. The third-order valence-electron chi connectivity index (χ3n) is 4.44.